The van der Waals surface area contributed by atoms with Crippen molar-refractivity contribution in [1.82, 2.24) is 15.1 Å². The van der Waals surface area contributed by atoms with E-state index in [-0.39, 0.29) is 11.1 Å². The Kier molecular flexibility index (Phi) is 6.66. The number of allylic oxidation sites excluding steroid dienone is 1. The van der Waals surface area contributed by atoms with Crippen LogP contribution in [0.15, 0.2) is 29.5 Å². The van der Waals surface area contributed by atoms with Crippen LogP contribution < -0.4 is 5.32 Å². The molecule has 0 aliphatic carbocycles. The molecule has 0 fully saturated rings. The predicted octanol–water partition coefficient (Wildman–Crippen LogP) is 2.59. The van der Waals surface area contributed by atoms with Crippen LogP contribution in [0.1, 0.15) is 24.9 Å². The van der Waals surface area contributed by atoms with Crippen LogP contribution in [0.4, 0.5) is 8.78 Å². The Labute approximate surface area is 157 Å². The van der Waals surface area contributed by atoms with Gasteiger partial charge in [-0.25, -0.2) is 13.6 Å². The Morgan fingerprint density at radius 3 is 2.65 bits per heavy atom. The van der Waals surface area contributed by atoms with Gasteiger partial charge in [-0.2, -0.15) is 0 Å². The van der Waals surface area contributed by atoms with Gasteiger partial charge in [0.1, 0.15) is 11.6 Å². The zero-order chi connectivity index (χ0) is 19.4. The summed E-state index contributed by atoms with van der Waals surface area (Å²) in [5.41, 5.74) is 1.01. The number of methoxy groups -OCH3 is 1. The van der Waals surface area contributed by atoms with Gasteiger partial charge in [0.05, 0.1) is 18.7 Å². The highest BCUT2D eigenvalue weighted by Gasteiger charge is 2.35. The molecule has 1 atom stereocenters. The molecule has 0 bridgehead atoms. The molecule has 142 valence electrons. The topological polar surface area (TPSA) is 44.8 Å². The van der Waals surface area contributed by atoms with Crippen molar-refractivity contribution in [3.8, 4) is 0 Å². The van der Waals surface area contributed by atoms with E-state index in [1.807, 2.05) is 19.0 Å². The standard InChI is InChI=1S/C18H23F2N3O2S/c1-11-15(17(24)25-4)16(13-7-6-12(19)10-14(13)20)21-18(26)23(11)9-5-8-22(2)3/h6-7,10,16H,5,8-9H2,1-4H3,(H,21,26)/t16-/m0/s1. The average molecular weight is 383 g/mol. The van der Waals surface area contributed by atoms with Gasteiger partial charge >= 0.3 is 5.97 Å². The van der Waals surface area contributed by atoms with E-state index in [4.69, 9.17) is 17.0 Å². The van der Waals surface area contributed by atoms with Gasteiger partial charge in [-0.05, 0) is 52.3 Å². The van der Waals surface area contributed by atoms with Gasteiger partial charge in [-0.15, -0.1) is 0 Å². The smallest absolute Gasteiger partial charge is 0.337 e. The Morgan fingerprint density at radius 1 is 1.38 bits per heavy atom. The molecule has 1 N–H and O–H groups in total. The van der Waals surface area contributed by atoms with Crippen LogP contribution in [0, 0.1) is 11.6 Å². The van der Waals surface area contributed by atoms with Gasteiger partial charge < -0.3 is 19.9 Å². The quantitative estimate of drug-likeness (QED) is 0.602. The maximum absolute atomic E-state index is 14.3. The molecule has 1 heterocycles. The van der Waals surface area contributed by atoms with E-state index in [0.717, 1.165) is 25.1 Å². The van der Waals surface area contributed by atoms with Crippen LogP contribution in [-0.4, -0.2) is 55.2 Å². The van der Waals surface area contributed by atoms with E-state index < -0.39 is 23.6 Å². The molecule has 8 heteroatoms. The highest BCUT2D eigenvalue weighted by Crippen LogP contribution is 2.32. The molecule has 26 heavy (non-hydrogen) atoms. The molecule has 1 aliphatic rings. The van der Waals surface area contributed by atoms with Crippen LogP contribution in [0.2, 0.25) is 0 Å². The minimum Gasteiger partial charge on any atom is -0.466 e. The number of nitrogens with zero attached hydrogens (tertiary/aromatic N) is 2. The van der Waals surface area contributed by atoms with Crippen molar-refractivity contribution in [3.05, 3.63) is 46.7 Å². The zero-order valence-electron chi connectivity index (χ0n) is 15.3. The van der Waals surface area contributed by atoms with E-state index in [1.54, 1.807) is 6.92 Å². The van der Waals surface area contributed by atoms with E-state index in [9.17, 15) is 13.6 Å². The summed E-state index contributed by atoms with van der Waals surface area (Å²) in [6.07, 6.45) is 0.830. The first-order valence-corrected chi connectivity index (χ1v) is 8.63. The number of benzene rings is 1. The summed E-state index contributed by atoms with van der Waals surface area (Å²) in [7, 11) is 5.22. The minimum absolute atomic E-state index is 0.140. The fraction of sp³-hybridized carbons (Fsp3) is 0.444. The third kappa shape index (κ3) is 4.37. The van der Waals surface area contributed by atoms with Crippen LogP contribution in [0.5, 0.6) is 0 Å². The van der Waals surface area contributed by atoms with Gasteiger partial charge in [0.2, 0.25) is 0 Å². The van der Waals surface area contributed by atoms with Crippen molar-refractivity contribution in [2.24, 2.45) is 0 Å². The molecule has 1 aromatic carbocycles. The Morgan fingerprint density at radius 2 is 2.08 bits per heavy atom. The fourth-order valence-corrected chi connectivity index (χ4v) is 3.28. The summed E-state index contributed by atoms with van der Waals surface area (Å²) in [5, 5.41) is 3.39. The number of ether oxygens (including phenoxy) is 1. The maximum Gasteiger partial charge on any atom is 0.337 e. The lowest BCUT2D eigenvalue weighted by atomic mass is 9.94. The summed E-state index contributed by atoms with van der Waals surface area (Å²) >= 11 is 5.42. The number of hydrogen-bond donors (Lipinski definition) is 1. The molecule has 1 aromatic rings. The second kappa shape index (κ2) is 8.55. The number of carbonyl (C=O) groups is 1. The van der Waals surface area contributed by atoms with Crippen molar-refractivity contribution >= 4 is 23.3 Å². The Hall–Kier alpha value is -2.06. The van der Waals surface area contributed by atoms with Crippen LogP contribution in [0.3, 0.4) is 0 Å². The zero-order valence-corrected chi connectivity index (χ0v) is 16.1. The van der Waals surface area contributed by atoms with Crippen molar-refractivity contribution in [2.75, 3.05) is 34.3 Å². The van der Waals surface area contributed by atoms with Crippen molar-refractivity contribution in [3.63, 3.8) is 0 Å². The SMILES string of the molecule is COC(=O)C1=C(C)N(CCCN(C)C)C(=S)N[C@H]1c1ccc(F)cc1F. The van der Waals surface area contributed by atoms with Gasteiger partial charge in [0.15, 0.2) is 5.11 Å². The number of nitrogens with one attached hydrogen (secondary N) is 1. The monoisotopic (exact) mass is 383 g/mol. The maximum atomic E-state index is 14.3. The van der Waals surface area contributed by atoms with Crippen LogP contribution in [-0.2, 0) is 9.53 Å². The summed E-state index contributed by atoms with van der Waals surface area (Å²) in [6.45, 7) is 3.22. The lowest BCUT2D eigenvalue weighted by Gasteiger charge is -2.37. The van der Waals surface area contributed by atoms with E-state index in [2.05, 4.69) is 10.2 Å². The van der Waals surface area contributed by atoms with E-state index >= 15 is 0 Å². The van der Waals surface area contributed by atoms with E-state index in [0.29, 0.717) is 17.4 Å². The van der Waals surface area contributed by atoms with Gasteiger partial charge in [-0.3, -0.25) is 0 Å². The molecule has 0 saturated heterocycles. The molecule has 0 saturated carbocycles. The van der Waals surface area contributed by atoms with Crippen LogP contribution in [0.25, 0.3) is 0 Å². The van der Waals surface area contributed by atoms with Gasteiger partial charge in [-0.1, -0.05) is 6.07 Å². The van der Waals surface area contributed by atoms with Crippen molar-refractivity contribution in [1.29, 1.82) is 0 Å². The molecular formula is C18H23F2N3O2S. The molecule has 0 unspecified atom stereocenters. The summed E-state index contributed by atoms with van der Waals surface area (Å²) < 4.78 is 32.4. The number of carbonyl (C=O) groups excluding carboxylic acids is 1. The van der Waals surface area contributed by atoms with Crippen LogP contribution >= 0.6 is 12.2 Å². The first-order chi connectivity index (χ1) is 12.3. The highest BCUT2D eigenvalue weighted by atomic mass is 32.1. The molecule has 2 rings (SSSR count). The van der Waals surface area contributed by atoms with E-state index in [1.165, 1.54) is 13.2 Å². The molecule has 0 amide bonds. The molecule has 0 radical (unpaired) electrons. The second-order valence-electron chi connectivity index (χ2n) is 6.35. The molecule has 0 spiro atoms. The minimum atomic E-state index is -0.833. The van der Waals surface area contributed by atoms with Crippen molar-refractivity contribution < 1.29 is 18.3 Å². The molecule has 0 aromatic heterocycles. The fourth-order valence-electron chi connectivity index (χ4n) is 2.94. The predicted molar refractivity (Wildman–Crippen MR) is 99.4 cm³/mol. The summed E-state index contributed by atoms with van der Waals surface area (Å²) in [6, 6.07) is 2.41. The third-order valence-corrected chi connectivity index (χ3v) is 4.60. The molecule has 5 nitrogen and oxygen atoms in total. The third-order valence-electron chi connectivity index (χ3n) is 4.26. The molecule has 1 aliphatic heterocycles. The summed E-state index contributed by atoms with van der Waals surface area (Å²) in [4.78, 5) is 16.2. The highest BCUT2D eigenvalue weighted by molar-refractivity contribution is 7.80. The first-order valence-electron chi connectivity index (χ1n) is 8.23. The average Bonchev–Trinajstić information content (AvgIpc) is 2.56. The lowest BCUT2D eigenvalue weighted by molar-refractivity contribution is -0.136. The molecular weight excluding hydrogens is 360 g/mol. The van der Waals surface area contributed by atoms with Gasteiger partial charge in [0.25, 0.3) is 0 Å². The number of rotatable bonds is 6. The number of esters is 1. The number of hydrogen-bond acceptors (Lipinski definition) is 4. The Bertz CT molecular complexity index is 737. The largest absolute Gasteiger partial charge is 0.466 e. The lowest BCUT2D eigenvalue weighted by Crippen LogP contribution is -2.48. The van der Waals surface area contributed by atoms with Gasteiger partial charge in [0, 0.05) is 23.9 Å². The Balaban J connectivity index is 2.42. The number of halogens is 2. The van der Waals surface area contributed by atoms with Crippen molar-refractivity contribution in [2.45, 2.75) is 19.4 Å². The first kappa shape index (κ1) is 20.3. The number of thiocarbonyl (C=S) groups is 1. The normalized spacial score (nSPS) is 17.6. The second-order valence-corrected chi connectivity index (χ2v) is 6.73. The summed E-state index contributed by atoms with van der Waals surface area (Å²) in [5.74, 6) is -2.01.